The Morgan fingerprint density at radius 3 is 2.61 bits per heavy atom. The highest BCUT2D eigenvalue weighted by atomic mass is 35.5. The monoisotopic (exact) mass is 353 g/mol. The van der Waals surface area contributed by atoms with E-state index in [1.54, 1.807) is 12.1 Å². The van der Waals surface area contributed by atoms with Gasteiger partial charge in [0.1, 0.15) is 0 Å². The number of hydrazone groups is 1. The van der Waals surface area contributed by atoms with Crippen molar-refractivity contribution >= 4 is 49.4 Å². The maximum Gasteiger partial charge on any atom is 0.262 e. The van der Waals surface area contributed by atoms with Gasteiger partial charge >= 0.3 is 0 Å². The maximum absolute atomic E-state index is 12.7. The van der Waals surface area contributed by atoms with E-state index in [1.807, 2.05) is 0 Å². The minimum Gasteiger partial charge on any atom is -0.289 e. The molecule has 10 heteroatoms. The van der Waals surface area contributed by atoms with Crippen molar-refractivity contribution in [1.29, 1.82) is 0 Å². The van der Waals surface area contributed by atoms with E-state index >= 15 is 0 Å². The fourth-order valence-electron chi connectivity index (χ4n) is 2.09. The Bertz CT molecular complexity index is 973. The SMILES string of the molecule is CC(=O)N(C)C1=NN(C)c2nc3ccc(Cl)cc3nc2S1(=O)=O. The van der Waals surface area contributed by atoms with Gasteiger partial charge in [-0.3, -0.25) is 9.69 Å². The van der Waals surface area contributed by atoms with E-state index in [0.717, 1.165) is 4.90 Å². The van der Waals surface area contributed by atoms with Crippen molar-refractivity contribution < 1.29 is 13.2 Å². The molecular formula is C13H12ClN5O3S. The Kier molecular flexibility index (Phi) is 3.49. The number of carbonyl (C=O) groups excluding carboxylic acids is 1. The maximum atomic E-state index is 12.7. The molecule has 1 aromatic carbocycles. The van der Waals surface area contributed by atoms with E-state index in [2.05, 4.69) is 15.1 Å². The van der Waals surface area contributed by atoms with Crippen LogP contribution in [0.15, 0.2) is 28.3 Å². The van der Waals surface area contributed by atoms with Gasteiger partial charge in [0.15, 0.2) is 5.82 Å². The first-order valence-electron chi connectivity index (χ1n) is 6.51. The summed E-state index contributed by atoms with van der Waals surface area (Å²) in [5.74, 6) is -0.360. The van der Waals surface area contributed by atoms with E-state index in [-0.39, 0.29) is 10.8 Å². The third-order valence-electron chi connectivity index (χ3n) is 3.37. The Hall–Kier alpha value is -2.26. The van der Waals surface area contributed by atoms with Gasteiger partial charge in [-0.25, -0.2) is 23.4 Å². The number of rotatable bonds is 0. The minimum atomic E-state index is -4.07. The highest BCUT2D eigenvalue weighted by Gasteiger charge is 2.38. The summed E-state index contributed by atoms with van der Waals surface area (Å²) in [5.41, 5.74) is 0.841. The van der Waals surface area contributed by atoms with Crippen LogP contribution in [0.5, 0.6) is 0 Å². The van der Waals surface area contributed by atoms with Gasteiger partial charge in [-0.1, -0.05) is 11.6 Å². The van der Waals surface area contributed by atoms with Gasteiger partial charge in [0.2, 0.25) is 10.9 Å². The lowest BCUT2D eigenvalue weighted by atomic mass is 10.3. The number of carbonyl (C=O) groups is 1. The van der Waals surface area contributed by atoms with Gasteiger partial charge in [-0.05, 0) is 18.2 Å². The molecule has 1 aliphatic heterocycles. The first-order valence-corrected chi connectivity index (χ1v) is 8.37. The van der Waals surface area contributed by atoms with Crippen LogP contribution in [0.1, 0.15) is 6.92 Å². The molecule has 0 N–H and O–H groups in total. The van der Waals surface area contributed by atoms with Crippen molar-refractivity contribution in [3.05, 3.63) is 23.2 Å². The van der Waals surface area contributed by atoms with Gasteiger partial charge in [0.05, 0.1) is 11.0 Å². The Labute approximate surface area is 137 Å². The molecule has 1 aliphatic rings. The summed E-state index contributed by atoms with van der Waals surface area (Å²) in [4.78, 5) is 20.9. The Morgan fingerprint density at radius 2 is 1.96 bits per heavy atom. The van der Waals surface area contributed by atoms with Crippen LogP contribution in [0.4, 0.5) is 5.82 Å². The standard InChI is InChI=1S/C13H12ClN5O3S/c1-7(20)18(2)13-17-19(3)11-12(23(13,21)22)16-10-6-8(14)4-5-9(10)15-11/h4-6H,1-3H3. The van der Waals surface area contributed by atoms with Crippen LogP contribution in [0.25, 0.3) is 11.0 Å². The molecule has 120 valence electrons. The molecule has 3 rings (SSSR count). The van der Waals surface area contributed by atoms with E-state index < -0.39 is 20.9 Å². The predicted molar refractivity (Wildman–Crippen MR) is 86.0 cm³/mol. The van der Waals surface area contributed by atoms with Crippen LogP contribution in [0.2, 0.25) is 5.02 Å². The molecule has 0 aliphatic carbocycles. The molecule has 1 aromatic heterocycles. The van der Waals surface area contributed by atoms with Gasteiger partial charge in [-0.15, -0.1) is 5.10 Å². The molecule has 0 atom stereocenters. The van der Waals surface area contributed by atoms with Crippen molar-refractivity contribution in [3.63, 3.8) is 0 Å². The molecule has 1 amide bonds. The molecule has 0 fully saturated rings. The van der Waals surface area contributed by atoms with E-state index in [4.69, 9.17) is 11.6 Å². The summed E-state index contributed by atoms with van der Waals surface area (Å²) < 4.78 is 25.5. The number of sulfone groups is 1. The van der Waals surface area contributed by atoms with Crippen molar-refractivity contribution in [3.8, 4) is 0 Å². The number of aromatic nitrogens is 2. The first kappa shape index (κ1) is 15.6. The zero-order valence-electron chi connectivity index (χ0n) is 12.5. The van der Waals surface area contributed by atoms with Crippen molar-refractivity contribution in [1.82, 2.24) is 14.9 Å². The lowest BCUT2D eigenvalue weighted by Crippen LogP contribution is -2.42. The second kappa shape index (κ2) is 5.14. The zero-order valence-corrected chi connectivity index (χ0v) is 14.1. The number of benzene rings is 1. The predicted octanol–water partition coefficient (Wildman–Crippen LogP) is 1.26. The summed E-state index contributed by atoms with van der Waals surface area (Å²) >= 11 is 5.92. The average molecular weight is 354 g/mol. The fraction of sp³-hybridized carbons (Fsp3) is 0.231. The summed E-state index contributed by atoms with van der Waals surface area (Å²) in [6.07, 6.45) is 0. The number of nitrogens with zero attached hydrogens (tertiary/aromatic N) is 5. The van der Waals surface area contributed by atoms with Crippen molar-refractivity contribution in [2.45, 2.75) is 11.9 Å². The van der Waals surface area contributed by atoms with E-state index in [0.29, 0.717) is 16.1 Å². The highest BCUT2D eigenvalue weighted by Crippen LogP contribution is 2.30. The number of anilines is 1. The third-order valence-corrected chi connectivity index (χ3v) is 5.23. The van der Waals surface area contributed by atoms with Crippen LogP contribution in [-0.2, 0) is 14.6 Å². The minimum absolute atomic E-state index is 0.0977. The molecule has 8 nitrogen and oxygen atoms in total. The normalized spacial score (nSPS) is 16.0. The number of hydrogen-bond donors (Lipinski definition) is 0. The van der Waals surface area contributed by atoms with Gasteiger partial charge in [0.25, 0.3) is 15.0 Å². The first-order chi connectivity index (χ1) is 10.7. The summed E-state index contributed by atoms with van der Waals surface area (Å²) in [5, 5.41) is 5.01. The quantitative estimate of drug-likeness (QED) is 0.707. The van der Waals surface area contributed by atoms with Gasteiger partial charge in [-0.2, -0.15) is 0 Å². The largest absolute Gasteiger partial charge is 0.289 e. The van der Waals surface area contributed by atoms with Crippen LogP contribution in [-0.4, -0.2) is 48.5 Å². The van der Waals surface area contributed by atoms with Crippen LogP contribution < -0.4 is 5.01 Å². The summed E-state index contributed by atoms with van der Waals surface area (Å²) in [7, 11) is -1.19. The van der Waals surface area contributed by atoms with Crippen LogP contribution in [0, 0.1) is 0 Å². The smallest absolute Gasteiger partial charge is 0.262 e. The molecule has 0 bridgehead atoms. The van der Waals surface area contributed by atoms with Crippen LogP contribution >= 0.6 is 11.6 Å². The fourth-order valence-corrected chi connectivity index (χ4v) is 3.79. The number of fused-ring (bicyclic) bond motifs is 2. The number of hydrogen-bond acceptors (Lipinski definition) is 7. The average Bonchev–Trinajstić information content (AvgIpc) is 2.48. The number of amidine groups is 1. The molecule has 2 aromatic rings. The van der Waals surface area contributed by atoms with Gasteiger partial charge in [0, 0.05) is 26.0 Å². The van der Waals surface area contributed by atoms with Crippen molar-refractivity contribution in [2.75, 3.05) is 19.1 Å². The zero-order chi connectivity index (χ0) is 16.9. The topological polar surface area (TPSA) is 95.8 Å². The Morgan fingerprint density at radius 1 is 1.26 bits per heavy atom. The second-order valence-electron chi connectivity index (χ2n) is 4.97. The molecule has 0 saturated heterocycles. The summed E-state index contributed by atoms with van der Waals surface area (Å²) in [6, 6.07) is 4.81. The molecular weight excluding hydrogens is 342 g/mol. The lowest BCUT2D eigenvalue weighted by Gasteiger charge is -2.26. The van der Waals surface area contributed by atoms with Gasteiger partial charge < -0.3 is 0 Å². The number of halogens is 1. The Balaban J connectivity index is 2.29. The van der Waals surface area contributed by atoms with E-state index in [1.165, 1.54) is 32.1 Å². The molecule has 0 saturated carbocycles. The second-order valence-corrected chi connectivity index (χ2v) is 7.17. The summed E-state index contributed by atoms with van der Waals surface area (Å²) in [6.45, 7) is 1.25. The van der Waals surface area contributed by atoms with Crippen LogP contribution in [0.3, 0.4) is 0 Å². The molecule has 0 spiro atoms. The molecule has 0 unspecified atom stereocenters. The molecule has 23 heavy (non-hydrogen) atoms. The third kappa shape index (κ3) is 2.41. The van der Waals surface area contributed by atoms with E-state index in [9.17, 15) is 13.2 Å². The molecule has 2 heterocycles. The lowest BCUT2D eigenvalue weighted by molar-refractivity contribution is -0.124. The van der Waals surface area contributed by atoms with Crippen molar-refractivity contribution in [2.24, 2.45) is 5.10 Å². The highest BCUT2D eigenvalue weighted by molar-refractivity contribution is 8.06. The number of amides is 1. The molecule has 0 radical (unpaired) electrons.